The second kappa shape index (κ2) is 5.88. The van der Waals surface area contributed by atoms with E-state index in [4.69, 9.17) is 0 Å². The smallest absolute Gasteiger partial charge is 0.256 e. The number of nitrogens with one attached hydrogen (secondary N) is 1. The standard InChI is InChI=1S/C19H19N3O/c23-19(17-8-4-7-16-13-20-21-18(16)17)22-11-9-15(10-12-22)14-5-2-1-3-6-14/h1-8,13,15H,9-12H2,(H,20,21). The third kappa shape index (κ3) is 2.61. The molecule has 0 radical (unpaired) electrons. The Balaban J connectivity index is 1.50. The maximum absolute atomic E-state index is 12.8. The van der Waals surface area contributed by atoms with E-state index in [2.05, 4.69) is 34.5 Å². The number of likely N-dealkylation sites (tertiary alicyclic amines) is 1. The summed E-state index contributed by atoms with van der Waals surface area (Å²) >= 11 is 0. The highest BCUT2D eigenvalue weighted by molar-refractivity contribution is 6.05. The third-order valence-electron chi connectivity index (χ3n) is 4.76. The number of nitrogens with zero attached hydrogens (tertiary/aromatic N) is 2. The van der Waals surface area contributed by atoms with Gasteiger partial charge in [-0.15, -0.1) is 0 Å². The van der Waals surface area contributed by atoms with Gasteiger partial charge in [-0.25, -0.2) is 0 Å². The molecule has 1 amide bonds. The number of amides is 1. The van der Waals surface area contributed by atoms with Crippen LogP contribution >= 0.6 is 0 Å². The number of H-pyrrole nitrogens is 1. The molecule has 0 spiro atoms. The lowest BCUT2D eigenvalue weighted by atomic mass is 9.89. The van der Waals surface area contributed by atoms with E-state index in [-0.39, 0.29) is 5.91 Å². The summed E-state index contributed by atoms with van der Waals surface area (Å²) in [6, 6.07) is 16.4. The van der Waals surface area contributed by atoms with Crippen LogP contribution in [0.3, 0.4) is 0 Å². The molecule has 1 fully saturated rings. The maximum atomic E-state index is 12.8. The first kappa shape index (κ1) is 14.0. The van der Waals surface area contributed by atoms with Crippen LogP contribution in [0.2, 0.25) is 0 Å². The van der Waals surface area contributed by atoms with E-state index in [9.17, 15) is 4.79 Å². The predicted molar refractivity (Wildman–Crippen MR) is 90.4 cm³/mol. The Kier molecular flexibility index (Phi) is 3.58. The lowest BCUT2D eigenvalue weighted by molar-refractivity contribution is 0.0715. The Morgan fingerprint density at radius 1 is 1.04 bits per heavy atom. The number of hydrogen-bond acceptors (Lipinski definition) is 2. The second-order valence-corrected chi connectivity index (χ2v) is 6.12. The Morgan fingerprint density at radius 3 is 2.61 bits per heavy atom. The summed E-state index contributed by atoms with van der Waals surface area (Å²) < 4.78 is 0. The van der Waals surface area contributed by atoms with E-state index < -0.39 is 0 Å². The molecule has 0 atom stereocenters. The van der Waals surface area contributed by atoms with Crippen LogP contribution in [0.15, 0.2) is 54.7 Å². The van der Waals surface area contributed by atoms with Crippen molar-refractivity contribution < 1.29 is 4.79 Å². The summed E-state index contributed by atoms with van der Waals surface area (Å²) in [6.45, 7) is 1.62. The summed E-state index contributed by atoms with van der Waals surface area (Å²) in [6.07, 6.45) is 3.80. The molecule has 4 heteroatoms. The average molecular weight is 305 g/mol. The van der Waals surface area contributed by atoms with Crippen molar-refractivity contribution in [1.82, 2.24) is 15.1 Å². The average Bonchev–Trinajstić information content (AvgIpc) is 3.11. The van der Waals surface area contributed by atoms with Crippen LogP contribution in [0.4, 0.5) is 0 Å². The van der Waals surface area contributed by atoms with Crippen LogP contribution < -0.4 is 0 Å². The fraction of sp³-hybridized carbons (Fsp3) is 0.263. The first-order chi connectivity index (χ1) is 11.3. The second-order valence-electron chi connectivity index (χ2n) is 6.12. The summed E-state index contributed by atoms with van der Waals surface area (Å²) in [4.78, 5) is 14.8. The van der Waals surface area contributed by atoms with E-state index in [1.807, 2.05) is 29.2 Å². The SMILES string of the molecule is O=C(c1cccc2cn[nH]c12)N1CCC(c2ccccc2)CC1. The van der Waals surface area contributed by atoms with Gasteiger partial charge in [-0.3, -0.25) is 9.89 Å². The van der Waals surface area contributed by atoms with E-state index in [1.54, 1.807) is 6.20 Å². The largest absolute Gasteiger partial charge is 0.339 e. The summed E-state index contributed by atoms with van der Waals surface area (Å²) in [5, 5.41) is 7.97. The van der Waals surface area contributed by atoms with Gasteiger partial charge in [-0.1, -0.05) is 42.5 Å². The van der Waals surface area contributed by atoms with E-state index in [0.717, 1.165) is 42.4 Å². The minimum atomic E-state index is 0.103. The van der Waals surface area contributed by atoms with Crippen molar-refractivity contribution in [2.24, 2.45) is 0 Å². The van der Waals surface area contributed by atoms with Crippen LogP contribution in [0.25, 0.3) is 10.9 Å². The molecule has 116 valence electrons. The summed E-state index contributed by atoms with van der Waals surface area (Å²) in [7, 11) is 0. The molecule has 1 N–H and O–H groups in total. The Bertz CT molecular complexity index is 817. The van der Waals surface area contributed by atoms with Gasteiger partial charge in [0.25, 0.3) is 5.91 Å². The number of piperidine rings is 1. The van der Waals surface area contributed by atoms with Gasteiger partial charge >= 0.3 is 0 Å². The van der Waals surface area contributed by atoms with Crippen molar-refractivity contribution in [3.05, 3.63) is 65.9 Å². The van der Waals surface area contributed by atoms with Gasteiger partial charge in [0.2, 0.25) is 0 Å². The van der Waals surface area contributed by atoms with Crippen LogP contribution in [0.5, 0.6) is 0 Å². The molecule has 1 saturated heterocycles. The third-order valence-corrected chi connectivity index (χ3v) is 4.76. The van der Waals surface area contributed by atoms with Crippen LogP contribution in [0.1, 0.15) is 34.7 Å². The van der Waals surface area contributed by atoms with Crippen molar-refractivity contribution in [3.8, 4) is 0 Å². The minimum absolute atomic E-state index is 0.103. The van der Waals surface area contributed by atoms with Crippen molar-refractivity contribution >= 4 is 16.8 Å². The van der Waals surface area contributed by atoms with E-state index in [0.29, 0.717) is 5.92 Å². The van der Waals surface area contributed by atoms with Crippen LogP contribution in [-0.4, -0.2) is 34.1 Å². The Morgan fingerprint density at radius 2 is 1.83 bits per heavy atom. The highest BCUT2D eigenvalue weighted by Crippen LogP contribution is 2.29. The molecule has 4 nitrogen and oxygen atoms in total. The number of benzene rings is 2. The number of aromatic amines is 1. The Hall–Kier alpha value is -2.62. The van der Waals surface area contributed by atoms with E-state index in [1.165, 1.54) is 5.56 Å². The van der Waals surface area contributed by atoms with Gasteiger partial charge in [0, 0.05) is 18.5 Å². The van der Waals surface area contributed by atoms with Gasteiger partial charge in [-0.05, 0) is 30.4 Å². The molecule has 4 rings (SSSR count). The van der Waals surface area contributed by atoms with E-state index >= 15 is 0 Å². The van der Waals surface area contributed by atoms with Gasteiger partial charge < -0.3 is 4.90 Å². The van der Waals surface area contributed by atoms with Gasteiger partial charge in [0.05, 0.1) is 17.3 Å². The molecule has 23 heavy (non-hydrogen) atoms. The van der Waals surface area contributed by atoms with Crippen LogP contribution in [0, 0.1) is 0 Å². The van der Waals surface area contributed by atoms with Crippen molar-refractivity contribution in [2.45, 2.75) is 18.8 Å². The van der Waals surface area contributed by atoms with Crippen molar-refractivity contribution in [3.63, 3.8) is 0 Å². The molecule has 0 bridgehead atoms. The van der Waals surface area contributed by atoms with Gasteiger partial charge in [0.1, 0.15) is 0 Å². The highest BCUT2D eigenvalue weighted by atomic mass is 16.2. The molecule has 1 aliphatic rings. The number of rotatable bonds is 2. The fourth-order valence-electron chi connectivity index (χ4n) is 3.46. The highest BCUT2D eigenvalue weighted by Gasteiger charge is 2.25. The summed E-state index contributed by atoms with van der Waals surface area (Å²) in [5.41, 5.74) is 2.94. The zero-order valence-corrected chi connectivity index (χ0v) is 12.9. The monoisotopic (exact) mass is 305 g/mol. The minimum Gasteiger partial charge on any atom is -0.339 e. The number of hydrogen-bond donors (Lipinski definition) is 1. The molecule has 2 aromatic carbocycles. The molecule has 3 aromatic rings. The van der Waals surface area contributed by atoms with Crippen LogP contribution in [-0.2, 0) is 0 Å². The number of carbonyl (C=O) groups excluding carboxylic acids is 1. The van der Waals surface area contributed by atoms with Crippen molar-refractivity contribution in [2.75, 3.05) is 13.1 Å². The van der Waals surface area contributed by atoms with Crippen molar-refractivity contribution in [1.29, 1.82) is 0 Å². The first-order valence-corrected chi connectivity index (χ1v) is 8.09. The maximum Gasteiger partial charge on any atom is 0.256 e. The molecular formula is C19H19N3O. The zero-order valence-electron chi connectivity index (χ0n) is 12.9. The lowest BCUT2D eigenvalue weighted by Crippen LogP contribution is -2.38. The van der Waals surface area contributed by atoms with Gasteiger partial charge in [-0.2, -0.15) is 5.10 Å². The van der Waals surface area contributed by atoms with Gasteiger partial charge in [0.15, 0.2) is 0 Å². The fourth-order valence-corrected chi connectivity index (χ4v) is 3.46. The summed E-state index contributed by atoms with van der Waals surface area (Å²) in [5.74, 6) is 0.662. The normalized spacial score (nSPS) is 15.9. The molecule has 1 aliphatic heterocycles. The molecule has 0 saturated carbocycles. The number of aromatic nitrogens is 2. The first-order valence-electron chi connectivity index (χ1n) is 8.09. The zero-order chi connectivity index (χ0) is 15.6. The lowest BCUT2D eigenvalue weighted by Gasteiger charge is -2.32. The molecule has 0 aliphatic carbocycles. The molecular weight excluding hydrogens is 286 g/mol. The Labute approximate surface area is 135 Å². The number of fused-ring (bicyclic) bond motifs is 1. The molecule has 2 heterocycles. The number of carbonyl (C=O) groups is 1. The molecule has 1 aromatic heterocycles. The topological polar surface area (TPSA) is 49.0 Å². The number of para-hydroxylation sites is 1. The predicted octanol–water partition coefficient (Wildman–Crippen LogP) is 3.58. The quantitative estimate of drug-likeness (QED) is 0.786. The molecule has 0 unspecified atom stereocenters.